The van der Waals surface area contributed by atoms with Gasteiger partial charge in [0, 0.05) is 25.9 Å². The smallest absolute Gasteiger partial charge is 0.321 e. The lowest BCUT2D eigenvalue weighted by atomic mass is 10.2. The first-order valence-corrected chi connectivity index (χ1v) is 8.07. The lowest BCUT2D eigenvalue weighted by molar-refractivity contribution is 0.135. The summed E-state index contributed by atoms with van der Waals surface area (Å²) in [7, 11) is -1.46. The molecule has 1 N–H and O–H groups in total. The molecule has 7 heteroatoms. The number of nitrogens with zero attached hydrogens (tertiary/aromatic N) is 1. The second-order valence-electron chi connectivity index (χ2n) is 4.91. The molecule has 0 aromatic rings. The van der Waals surface area contributed by atoms with Gasteiger partial charge in [0.05, 0.1) is 18.1 Å². The van der Waals surface area contributed by atoms with Crippen LogP contribution in [-0.4, -0.2) is 57.2 Å². The highest BCUT2D eigenvalue weighted by molar-refractivity contribution is 7.91. The fourth-order valence-corrected chi connectivity index (χ4v) is 3.68. The molecule has 1 fully saturated rings. The molecule has 110 valence electrons. The average Bonchev–Trinajstić information content (AvgIpc) is 2.67. The fourth-order valence-electron chi connectivity index (χ4n) is 1.95. The number of methoxy groups -OCH3 is 1. The van der Waals surface area contributed by atoms with E-state index < -0.39 is 9.84 Å². The number of carbonyl (C=O) groups excluding carboxylic acids is 1. The minimum atomic E-state index is -3.01. The second-order valence-corrected chi connectivity index (χ2v) is 7.14. The van der Waals surface area contributed by atoms with E-state index in [0.29, 0.717) is 19.6 Å². The first-order chi connectivity index (χ1) is 8.85. The Labute approximate surface area is 114 Å². The molecule has 6 nitrogen and oxygen atoms in total. The summed E-state index contributed by atoms with van der Waals surface area (Å²) in [6, 6.07) is -0.536. The van der Waals surface area contributed by atoms with Crippen molar-refractivity contribution >= 4 is 15.9 Å². The molecular formula is C12H22N2O4S. The summed E-state index contributed by atoms with van der Waals surface area (Å²) in [6.07, 6.45) is 2.11. The highest BCUT2D eigenvalue weighted by atomic mass is 32.2. The Morgan fingerprint density at radius 1 is 1.47 bits per heavy atom. The summed E-state index contributed by atoms with van der Waals surface area (Å²) in [5.41, 5.74) is 0.971. The van der Waals surface area contributed by atoms with Crippen LogP contribution in [0.5, 0.6) is 0 Å². The van der Waals surface area contributed by atoms with Crippen molar-refractivity contribution in [2.24, 2.45) is 0 Å². The third-order valence-corrected chi connectivity index (χ3v) is 4.68. The number of ether oxygens (including phenoxy) is 1. The van der Waals surface area contributed by atoms with Crippen molar-refractivity contribution in [3.63, 3.8) is 0 Å². The summed E-state index contributed by atoms with van der Waals surface area (Å²) in [6.45, 7) is 4.53. The maximum Gasteiger partial charge on any atom is 0.321 e. The number of carbonyl (C=O) groups is 1. The standard InChI is InChI=1S/C12H22N2O4S/c1-10(2)8-13-12(15)14(5-6-18-3)11-4-7-19(16,17)9-11/h8,11H,4-7,9H2,1-3H3,(H,13,15). The van der Waals surface area contributed by atoms with Crippen LogP contribution in [0, 0.1) is 0 Å². The number of nitrogens with one attached hydrogen (secondary N) is 1. The molecule has 0 aromatic heterocycles. The molecule has 1 atom stereocenters. The van der Waals surface area contributed by atoms with Gasteiger partial charge in [-0.05, 0) is 20.3 Å². The molecule has 19 heavy (non-hydrogen) atoms. The van der Waals surface area contributed by atoms with Crippen LogP contribution in [0.4, 0.5) is 4.79 Å². The molecule has 0 radical (unpaired) electrons. The molecule has 0 spiro atoms. The van der Waals surface area contributed by atoms with Crippen LogP contribution in [0.3, 0.4) is 0 Å². The van der Waals surface area contributed by atoms with Crippen molar-refractivity contribution in [3.8, 4) is 0 Å². The van der Waals surface area contributed by atoms with Gasteiger partial charge in [-0.2, -0.15) is 0 Å². The highest BCUT2D eigenvalue weighted by Gasteiger charge is 2.34. The summed E-state index contributed by atoms with van der Waals surface area (Å²) < 4.78 is 28.0. The van der Waals surface area contributed by atoms with Gasteiger partial charge in [-0.25, -0.2) is 13.2 Å². The molecule has 1 heterocycles. The van der Waals surface area contributed by atoms with Crippen molar-refractivity contribution in [1.29, 1.82) is 0 Å². The van der Waals surface area contributed by atoms with Gasteiger partial charge in [0.1, 0.15) is 0 Å². The lowest BCUT2D eigenvalue weighted by Crippen LogP contribution is -2.47. The lowest BCUT2D eigenvalue weighted by Gasteiger charge is -2.27. The van der Waals surface area contributed by atoms with Crippen molar-refractivity contribution in [3.05, 3.63) is 11.8 Å². The van der Waals surface area contributed by atoms with Crippen molar-refractivity contribution in [1.82, 2.24) is 10.2 Å². The third kappa shape index (κ3) is 5.20. The Balaban J connectivity index is 2.71. The largest absolute Gasteiger partial charge is 0.383 e. The van der Waals surface area contributed by atoms with E-state index >= 15 is 0 Å². The predicted molar refractivity (Wildman–Crippen MR) is 73.6 cm³/mol. The summed E-state index contributed by atoms with van der Waals surface area (Å²) >= 11 is 0. The van der Waals surface area contributed by atoms with Gasteiger partial charge in [-0.1, -0.05) is 5.57 Å². The van der Waals surface area contributed by atoms with Crippen LogP contribution in [0.15, 0.2) is 11.8 Å². The summed E-state index contributed by atoms with van der Waals surface area (Å²) in [5, 5.41) is 2.67. The van der Waals surface area contributed by atoms with Crippen LogP contribution in [0.1, 0.15) is 20.3 Å². The molecule has 0 saturated carbocycles. The molecule has 2 amide bonds. The minimum absolute atomic E-state index is 0.0406. The Kier molecular flexibility index (Phi) is 5.81. The molecule has 1 aliphatic heterocycles. The molecule has 1 saturated heterocycles. The molecule has 0 aromatic carbocycles. The minimum Gasteiger partial charge on any atom is -0.383 e. The zero-order valence-corrected chi connectivity index (χ0v) is 12.5. The number of amides is 2. The van der Waals surface area contributed by atoms with Crippen LogP contribution < -0.4 is 5.32 Å². The average molecular weight is 290 g/mol. The summed E-state index contributed by atoms with van der Waals surface area (Å²) in [4.78, 5) is 13.6. The normalized spacial score (nSPS) is 20.9. The third-order valence-electron chi connectivity index (χ3n) is 2.93. The molecule has 1 rings (SSSR count). The predicted octanol–water partition coefficient (Wildman–Crippen LogP) is 0.755. The quantitative estimate of drug-likeness (QED) is 0.811. The van der Waals surface area contributed by atoms with Crippen LogP contribution >= 0.6 is 0 Å². The molecule has 1 unspecified atom stereocenters. The van der Waals surface area contributed by atoms with E-state index in [1.807, 2.05) is 13.8 Å². The van der Waals surface area contributed by atoms with Gasteiger partial charge in [-0.15, -0.1) is 0 Å². The number of allylic oxidation sites excluding steroid dienone is 1. The van der Waals surface area contributed by atoms with E-state index in [1.54, 1.807) is 18.2 Å². The second kappa shape index (κ2) is 6.91. The van der Waals surface area contributed by atoms with E-state index in [2.05, 4.69) is 5.32 Å². The van der Waals surface area contributed by atoms with Crippen molar-refractivity contribution < 1.29 is 17.9 Å². The van der Waals surface area contributed by atoms with Crippen LogP contribution in [0.2, 0.25) is 0 Å². The SMILES string of the molecule is COCCN(C(=O)NC=C(C)C)C1CCS(=O)(=O)C1. The van der Waals surface area contributed by atoms with E-state index in [9.17, 15) is 13.2 Å². The van der Waals surface area contributed by atoms with Gasteiger partial charge >= 0.3 is 6.03 Å². The monoisotopic (exact) mass is 290 g/mol. The van der Waals surface area contributed by atoms with Gasteiger partial charge in [0.15, 0.2) is 9.84 Å². The Morgan fingerprint density at radius 3 is 2.63 bits per heavy atom. The zero-order chi connectivity index (χ0) is 14.5. The number of hydrogen-bond donors (Lipinski definition) is 1. The summed E-state index contributed by atoms with van der Waals surface area (Å²) in [5.74, 6) is 0.191. The van der Waals surface area contributed by atoms with Crippen LogP contribution in [-0.2, 0) is 14.6 Å². The number of urea groups is 1. The Bertz CT molecular complexity index is 441. The molecule has 1 aliphatic rings. The van der Waals surface area contributed by atoms with Gasteiger partial charge in [-0.3, -0.25) is 0 Å². The maximum absolute atomic E-state index is 12.1. The van der Waals surface area contributed by atoms with E-state index in [0.717, 1.165) is 5.57 Å². The topological polar surface area (TPSA) is 75.7 Å². The van der Waals surface area contributed by atoms with Gasteiger partial charge in [0.25, 0.3) is 0 Å². The number of hydrogen-bond acceptors (Lipinski definition) is 4. The van der Waals surface area contributed by atoms with Crippen molar-refractivity contribution in [2.75, 3.05) is 31.8 Å². The van der Waals surface area contributed by atoms with Gasteiger partial charge < -0.3 is 15.0 Å². The number of rotatable bonds is 5. The first kappa shape index (κ1) is 16.0. The van der Waals surface area contributed by atoms with E-state index in [1.165, 1.54) is 0 Å². The zero-order valence-electron chi connectivity index (χ0n) is 11.7. The van der Waals surface area contributed by atoms with E-state index in [-0.39, 0.29) is 23.6 Å². The van der Waals surface area contributed by atoms with Gasteiger partial charge in [0.2, 0.25) is 0 Å². The van der Waals surface area contributed by atoms with Crippen LogP contribution in [0.25, 0.3) is 0 Å². The van der Waals surface area contributed by atoms with Crippen molar-refractivity contribution in [2.45, 2.75) is 26.3 Å². The maximum atomic E-state index is 12.1. The molecule has 0 aliphatic carbocycles. The Hall–Kier alpha value is -1.08. The highest BCUT2D eigenvalue weighted by Crippen LogP contribution is 2.17. The fraction of sp³-hybridized carbons (Fsp3) is 0.750. The van der Waals surface area contributed by atoms with E-state index in [4.69, 9.17) is 4.74 Å². The molecule has 0 bridgehead atoms. The first-order valence-electron chi connectivity index (χ1n) is 6.25. The number of sulfone groups is 1. The molecular weight excluding hydrogens is 268 g/mol. The Morgan fingerprint density at radius 2 is 2.16 bits per heavy atom.